The zero-order valence-electron chi connectivity index (χ0n) is 10.5. The Morgan fingerprint density at radius 3 is 2.19 bits per heavy atom. The number of phenols is 2. The third kappa shape index (κ3) is 3.24. The van der Waals surface area contributed by atoms with Crippen LogP contribution in [0.25, 0.3) is 0 Å². The first-order chi connectivity index (χ1) is 9.88. The van der Waals surface area contributed by atoms with Crippen molar-refractivity contribution in [1.29, 1.82) is 0 Å². The highest BCUT2D eigenvalue weighted by molar-refractivity contribution is 6.32. The van der Waals surface area contributed by atoms with Gasteiger partial charge in [-0.15, -0.1) is 0 Å². The molecule has 0 aliphatic rings. The number of anilines is 1. The Hall–Kier alpha value is -2.73. The van der Waals surface area contributed by atoms with Crippen LogP contribution in [0.5, 0.6) is 11.5 Å². The molecule has 0 aromatic heterocycles. The molecule has 0 radical (unpaired) electrons. The smallest absolute Gasteiger partial charge is 0.335 e. The standard InChI is InChI=1S/C14H10ClNO5/c15-9-5-7(2-4-11(9)17)13(19)16-10-3-1-8(14(20)21)6-12(10)18/h1-6,17-18H,(H,16,19)(H,20,21). The van der Waals surface area contributed by atoms with E-state index >= 15 is 0 Å². The molecule has 0 saturated carbocycles. The minimum atomic E-state index is -1.19. The zero-order valence-corrected chi connectivity index (χ0v) is 11.3. The van der Waals surface area contributed by atoms with E-state index in [1.54, 1.807) is 0 Å². The number of carbonyl (C=O) groups is 2. The summed E-state index contributed by atoms with van der Waals surface area (Å²) in [5.41, 5.74) is 0.145. The molecule has 0 spiro atoms. The SMILES string of the molecule is O=C(O)c1ccc(NC(=O)c2ccc(O)c(Cl)c2)c(O)c1. The number of phenolic OH excluding ortho intramolecular Hbond substituents is 2. The minimum absolute atomic E-state index is 0.0214. The van der Waals surface area contributed by atoms with Gasteiger partial charge in [-0.25, -0.2) is 4.79 Å². The number of halogens is 1. The monoisotopic (exact) mass is 307 g/mol. The van der Waals surface area contributed by atoms with Gasteiger partial charge in [0.1, 0.15) is 11.5 Å². The summed E-state index contributed by atoms with van der Waals surface area (Å²) in [5, 5.41) is 30.2. The molecular weight excluding hydrogens is 298 g/mol. The van der Waals surface area contributed by atoms with Crippen LogP contribution in [0.3, 0.4) is 0 Å². The van der Waals surface area contributed by atoms with Gasteiger partial charge < -0.3 is 20.6 Å². The molecule has 6 nitrogen and oxygen atoms in total. The molecule has 0 unspecified atom stereocenters. The molecule has 4 N–H and O–H groups in total. The lowest BCUT2D eigenvalue weighted by molar-refractivity contribution is 0.0696. The van der Waals surface area contributed by atoms with Crippen molar-refractivity contribution in [2.75, 3.05) is 5.32 Å². The first-order valence-electron chi connectivity index (χ1n) is 5.74. The molecule has 7 heteroatoms. The fraction of sp³-hybridized carbons (Fsp3) is 0. The third-order valence-electron chi connectivity index (χ3n) is 2.70. The number of hydrogen-bond donors (Lipinski definition) is 4. The van der Waals surface area contributed by atoms with Crippen LogP contribution < -0.4 is 5.32 Å². The van der Waals surface area contributed by atoms with Crippen molar-refractivity contribution in [3.05, 3.63) is 52.5 Å². The molecule has 0 fully saturated rings. The molecule has 0 atom stereocenters. The zero-order chi connectivity index (χ0) is 15.6. The van der Waals surface area contributed by atoms with E-state index in [2.05, 4.69) is 5.32 Å². The predicted octanol–water partition coefficient (Wildman–Crippen LogP) is 2.70. The highest BCUT2D eigenvalue weighted by Gasteiger charge is 2.12. The highest BCUT2D eigenvalue weighted by atomic mass is 35.5. The van der Waals surface area contributed by atoms with E-state index in [0.29, 0.717) is 0 Å². The van der Waals surface area contributed by atoms with Gasteiger partial charge in [-0.2, -0.15) is 0 Å². The largest absolute Gasteiger partial charge is 0.506 e. The lowest BCUT2D eigenvalue weighted by Gasteiger charge is -2.08. The number of nitrogens with one attached hydrogen (secondary N) is 1. The van der Waals surface area contributed by atoms with E-state index in [0.717, 1.165) is 6.07 Å². The Bertz CT molecular complexity index is 729. The van der Waals surface area contributed by atoms with E-state index in [1.165, 1.54) is 30.3 Å². The molecule has 0 aliphatic heterocycles. The Balaban J connectivity index is 2.23. The van der Waals surface area contributed by atoms with Gasteiger partial charge in [0.05, 0.1) is 16.3 Å². The number of aromatic carboxylic acids is 1. The number of carbonyl (C=O) groups excluding carboxylic acids is 1. The Labute approximate surface area is 124 Å². The topological polar surface area (TPSA) is 107 Å². The maximum atomic E-state index is 12.0. The van der Waals surface area contributed by atoms with Crippen molar-refractivity contribution in [2.45, 2.75) is 0 Å². The van der Waals surface area contributed by atoms with Crippen molar-refractivity contribution in [2.24, 2.45) is 0 Å². The van der Waals surface area contributed by atoms with Crippen LogP contribution >= 0.6 is 11.6 Å². The van der Waals surface area contributed by atoms with Gasteiger partial charge >= 0.3 is 5.97 Å². The summed E-state index contributed by atoms with van der Waals surface area (Å²) in [6.45, 7) is 0. The number of aromatic hydroxyl groups is 2. The second kappa shape index (κ2) is 5.72. The van der Waals surface area contributed by atoms with Gasteiger partial charge in [-0.3, -0.25) is 4.79 Å². The van der Waals surface area contributed by atoms with Crippen LogP contribution in [0.2, 0.25) is 5.02 Å². The Kier molecular flexibility index (Phi) is 4.00. The van der Waals surface area contributed by atoms with Gasteiger partial charge in [0.15, 0.2) is 0 Å². The van der Waals surface area contributed by atoms with Crippen LogP contribution in [0.1, 0.15) is 20.7 Å². The maximum absolute atomic E-state index is 12.0. The lowest BCUT2D eigenvalue weighted by Crippen LogP contribution is -2.12. The summed E-state index contributed by atoms with van der Waals surface area (Å²) in [6, 6.07) is 7.46. The second-order valence-corrected chi connectivity index (χ2v) is 4.56. The molecule has 2 aromatic carbocycles. The number of hydrogen-bond acceptors (Lipinski definition) is 4. The summed E-state index contributed by atoms with van der Waals surface area (Å²) >= 11 is 5.70. The second-order valence-electron chi connectivity index (χ2n) is 4.16. The molecule has 0 bridgehead atoms. The molecule has 0 saturated heterocycles. The van der Waals surface area contributed by atoms with Crippen LogP contribution in [0, 0.1) is 0 Å². The predicted molar refractivity (Wildman–Crippen MR) is 76.1 cm³/mol. The first kappa shape index (κ1) is 14.7. The van der Waals surface area contributed by atoms with E-state index in [9.17, 15) is 19.8 Å². The summed E-state index contributed by atoms with van der Waals surface area (Å²) < 4.78 is 0. The average molecular weight is 308 g/mol. The summed E-state index contributed by atoms with van der Waals surface area (Å²) in [7, 11) is 0. The number of carboxylic acid groups (broad SMARTS) is 1. The first-order valence-corrected chi connectivity index (χ1v) is 6.12. The molecule has 1 amide bonds. The average Bonchev–Trinajstić information content (AvgIpc) is 2.43. The quantitative estimate of drug-likeness (QED) is 0.652. The van der Waals surface area contributed by atoms with Crippen molar-refractivity contribution >= 4 is 29.2 Å². The number of benzene rings is 2. The van der Waals surface area contributed by atoms with Gasteiger partial charge in [-0.1, -0.05) is 11.6 Å². The fourth-order valence-corrected chi connectivity index (χ4v) is 1.79. The summed E-state index contributed by atoms with van der Waals surface area (Å²) in [5.74, 6) is -2.27. The van der Waals surface area contributed by atoms with E-state index in [-0.39, 0.29) is 33.3 Å². The minimum Gasteiger partial charge on any atom is -0.506 e. The molecule has 2 aromatic rings. The fourth-order valence-electron chi connectivity index (χ4n) is 1.61. The molecule has 0 heterocycles. The van der Waals surface area contributed by atoms with Crippen LogP contribution in [-0.4, -0.2) is 27.2 Å². The van der Waals surface area contributed by atoms with Gasteiger partial charge in [-0.05, 0) is 36.4 Å². The summed E-state index contributed by atoms with van der Waals surface area (Å²) in [4.78, 5) is 22.7. The molecule has 21 heavy (non-hydrogen) atoms. The Morgan fingerprint density at radius 2 is 1.62 bits per heavy atom. The number of rotatable bonds is 3. The lowest BCUT2D eigenvalue weighted by atomic mass is 10.1. The van der Waals surface area contributed by atoms with Crippen molar-refractivity contribution in [3.63, 3.8) is 0 Å². The normalized spacial score (nSPS) is 10.1. The third-order valence-corrected chi connectivity index (χ3v) is 3.01. The summed E-state index contributed by atoms with van der Waals surface area (Å²) in [6.07, 6.45) is 0. The molecule has 0 aliphatic carbocycles. The van der Waals surface area contributed by atoms with Crippen LogP contribution in [0.4, 0.5) is 5.69 Å². The molecule has 2 rings (SSSR count). The molecule has 108 valence electrons. The van der Waals surface area contributed by atoms with E-state index in [4.69, 9.17) is 16.7 Å². The van der Waals surface area contributed by atoms with Crippen LogP contribution in [-0.2, 0) is 0 Å². The Morgan fingerprint density at radius 1 is 0.952 bits per heavy atom. The van der Waals surface area contributed by atoms with Gasteiger partial charge in [0, 0.05) is 5.56 Å². The van der Waals surface area contributed by atoms with Crippen molar-refractivity contribution < 1.29 is 24.9 Å². The maximum Gasteiger partial charge on any atom is 0.335 e. The number of carboxylic acids is 1. The molecular formula is C14H10ClNO5. The van der Waals surface area contributed by atoms with E-state index in [1.807, 2.05) is 0 Å². The van der Waals surface area contributed by atoms with Crippen molar-refractivity contribution in [1.82, 2.24) is 0 Å². The van der Waals surface area contributed by atoms with Crippen molar-refractivity contribution in [3.8, 4) is 11.5 Å². The highest BCUT2D eigenvalue weighted by Crippen LogP contribution is 2.27. The number of amides is 1. The van der Waals surface area contributed by atoms with Gasteiger partial charge in [0.25, 0.3) is 5.91 Å². The van der Waals surface area contributed by atoms with Gasteiger partial charge in [0.2, 0.25) is 0 Å². The van der Waals surface area contributed by atoms with E-state index < -0.39 is 11.9 Å². The van der Waals surface area contributed by atoms with Crippen LogP contribution in [0.15, 0.2) is 36.4 Å².